The predicted molar refractivity (Wildman–Crippen MR) is 104 cm³/mol. The highest BCUT2D eigenvalue weighted by Crippen LogP contribution is 2.37. The van der Waals surface area contributed by atoms with Gasteiger partial charge in [-0.3, -0.25) is 9.52 Å². The number of anilines is 2. The van der Waals surface area contributed by atoms with Gasteiger partial charge in [0.15, 0.2) is 0 Å². The molecule has 1 saturated carbocycles. The van der Waals surface area contributed by atoms with Crippen molar-refractivity contribution in [2.45, 2.75) is 30.6 Å². The number of carbonyl (C=O) groups is 1. The van der Waals surface area contributed by atoms with E-state index in [4.69, 9.17) is 4.74 Å². The molecule has 1 amide bonds. The summed E-state index contributed by atoms with van der Waals surface area (Å²) in [5, 5.41) is 0. The average molecular weight is 386 g/mol. The minimum Gasteiger partial charge on any atom is -0.497 e. The Morgan fingerprint density at radius 1 is 1.15 bits per heavy atom. The average Bonchev–Trinajstić information content (AvgIpc) is 3.52. The van der Waals surface area contributed by atoms with Gasteiger partial charge in [-0.2, -0.15) is 0 Å². The van der Waals surface area contributed by atoms with Crippen LogP contribution in [0.15, 0.2) is 47.4 Å². The Kier molecular flexibility index (Phi) is 4.55. The Morgan fingerprint density at radius 2 is 1.89 bits per heavy atom. The normalized spacial score (nSPS) is 16.6. The second kappa shape index (κ2) is 6.88. The summed E-state index contributed by atoms with van der Waals surface area (Å²) < 4.78 is 33.0. The van der Waals surface area contributed by atoms with Crippen LogP contribution < -0.4 is 14.4 Å². The zero-order chi connectivity index (χ0) is 19.0. The standard InChI is InChI=1S/C20H22N2O4S/c1-26-17-8-10-18(11-9-17)27(24,25)21-16-7-6-14-3-2-12-22(19(14)13-16)20(23)15-4-5-15/h6-11,13,15,21H,2-5,12H2,1H3. The summed E-state index contributed by atoms with van der Waals surface area (Å²) in [4.78, 5) is 14.6. The molecule has 2 aromatic carbocycles. The van der Waals surface area contributed by atoms with Crippen LogP contribution in [0.4, 0.5) is 11.4 Å². The molecule has 0 unspecified atom stereocenters. The van der Waals surface area contributed by atoms with Crippen LogP contribution in [0, 0.1) is 5.92 Å². The molecule has 7 heteroatoms. The van der Waals surface area contributed by atoms with Crippen molar-refractivity contribution in [2.24, 2.45) is 5.92 Å². The van der Waals surface area contributed by atoms with Gasteiger partial charge < -0.3 is 9.64 Å². The summed E-state index contributed by atoms with van der Waals surface area (Å²) >= 11 is 0. The third-order valence-electron chi connectivity index (χ3n) is 5.02. The van der Waals surface area contributed by atoms with E-state index in [1.165, 1.54) is 19.2 Å². The molecule has 1 aliphatic carbocycles. The molecule has 0 spiro atoms. The maximum Gasteiger partial charge on any atom is 0.261 e. The van der Waals surface area contributed by atoms with Gasteiger partial charge in [-0.1, -0.05) is 6.07 Å². The largest absolute Gasteiger partial charge is 0.497 e. The molecular weight excluding hydrogens is 364 g/mol. The number of benzene rings is 2. The van der Waals surface area contributed by atoms with Crippen molar-refractivity contribution in [1.29, 1.82) is 0 Å². The molecule has 0 aromatic heterocycles. The minimum atomic E-state index is -3.72. The molecule has 2 aliphatic rings. The van der Waals surface area contributed by atoms with Crippen molar-refractivity contribution in [3.8, 4) is 5.75 Å². The van der Waals surface area contributed by atoms with Crippen molar-refractivity contribution in [3.63, 3.8) is 0 Å². The van der Waals surface area contributed by atoms with Crippen LogP contribution in [0.25, 0.3) is 0 Å². The van der Waals surface area contributed by atoms with Crippen molar-refractivity contribution in [1.82, 2.24) is 0 Å². The number of fused-ring (bicyclic) bond motifs is 1. The second-order valence-electron chi connectivity index (χ2n) is 6.99. The Labute approximate surface area is 159 Å². The molecule has 142 valence electrons. The fourth-order valence-corrected chi connectivity index (χ4v) is 4.44. The Balaban J connectivity index is 1.60. The quantitative estimate of drug-likeness (QED) is 0.856. The van der Waals surface area contributed by atoms with Gasteiger partial charge in [-0.15, -0.1) is 0 Å². The van der Waals surface area contributed by atoms with Crippen LogP contribution in [-0.2, 0) is 21.2 Å². The van der Waals surface area contributed by atoms with Gasteiger partial charge in [0.1, 0.15) is 5.75 Å². The topological polar surface area (TPSA) is 75.7 Å². The van der Waals surface area contributed by atoms with Crippen molar-refractivity contribution in [3.05, 3.63) is 48.0 Å². The number of carbonyl (C=O) groups excluding carboxylic acids is 1. The van der Waals surface area contributed by atoms with Crippen LogP contribution in [0.1, 0.15) is 24.8 Å². The van der Waals surface area contributed by atoms with Gasteiger partial charge in [0.05, 0.1) is 17.7 Å². The fraction of sp³-hybridized carbons (Fsp3) is 0.350. The van der Waals surface area contributed by atoms with Crippen molar-refractivity contribution in [2.75, 3.05) is 23.3 Å². The van der Waals surface area contributed by atoms with E-state index in [1.54, 1.807) is 24.3 Å². The molecule has 1 fully saturated rings. The van der Waals surface area contributed by atoms with Crippen LogP contribution in [-0.4, -0.2) is 28.0 Å². The molecule has 1 heterocycles. The molecule has 6 nitrogen and oxygen atoms in total. The number of nitrogens with one attached hydrogen (secondary N) is 1. The first-order valence-electron chi connectivity index (χ1n) is 9.09. The van der Waals surface area contributed by atoms with Gasteiger partial charge in [-0.05, 0) is 67.6 Å². The number of nitrogens with zero attached hydrogens (tertiary/aromatic N) is 1. The summed E-state index contributed by atoms with van der Waals surface area (Å²) in [7, 11) is -2.18. The molecule has 1 aliphatic heterocycles. The summed E-state index contributed by atoms with van der Waals surface area (Å²) in [6.07, 6.45) is 3.74. The first kappa shape index (κ1) is 17.9. The number of hydrogen-bond donors (Lipinski definition) is 1. The van der Waals surface area contributed by atoms with E-state index >= 15 is 0 Å². The molecule has 0 atom stereocenters. The lowest BCUT2D eigenvalue weighted by Gasteiger charge is -2.30. The van der Waals surface area contributed by atoms with Gasteiger partial charge in [0, 0.05) is 18.2 Å². The second-order valence-corrected chi connectivity index (χ2v) is 8.67. The number of hydrogen-bond acceptors (Lipinski definition) is 4. The number of ether oxygens (including phenoxy) is 1. The molecular formula is C20H22N2O4S. The third-order valence-corrected chi connectivity index (χ3v) is 6.42. The van der Waals surface area contributed by atoms with E-state index in [2.05, 4.69) is 4.72 Å². The predicted octanol–water partition coefficient (Wildman–Crippen LogP) is 3.19. The van der Waals surface area contributed by atoms with E-state index in [0.29, 0.717) is 18.0 Å². The first-order chi connectivity index (χ1) is 13.0. The zero-order valence-electron chi connectivity index (χ0n) is 15.1. The molecule has 2 aromatic rings. The zero-order valence-corrected chi connectivity index (χ0v) is 16.0. The maximum atomic E-state index is 12.7. The highest BCUT2D eigenvalue weighted by molar-refractivity contribution is 7.92. The SMILES string of the molecule is COc1ccc(S(=O)(=O)Nc2ccc3c(c2)N(C(=O)C2CC2)CCC3)cc1. The third kappa shape index (κ3) is 3.64. The van der Waals surface area contributed by atoms with E-state index in [-0.39, 0.29) is 16.7 Å². The Hall–Kier alpha value is -2.54. The summed E-state index contributed by atoms with van der Waals surface area (Å²) in [6.45, 7) is 0.691. The smallest absolute Gasteiger partial charge is 0.261 e. The van der Waals surface area contributed by atoms with Crippen LogP contribution >= 0.6 is 0 Å². The first-order valence-corrected chi connectivity index (χ1v) is 10.6. The van der Waals surface area contributed by atoms with E-state index < -0.39 is 10.0 Å². The van der Waals surface area contributed by atoms with Gasteiger partial charge in [0.2, 0.25) is 5.91 Å². The molecule has 0 saturated heterocycles. The monoisotopic (exact) mass is 386 g/mol. The van der Waals surface area contributed by atoms with Gasteiger partial charge in [-0.25, -0.2) is 8.42 Å². The number of aryl methyl sites for hydroxylation is 1. The lowest BCUT2D eigenvalue weighted by molar-refractivity contribution is -0.119. The number of sulfonamides is 1. The summed E-state index contributed by atoms with van der Waals surface area (Å²) in [5.41, 5.74) is 2.37. The van der Waals surface area contributed by atoms with Crippen LogP contribution in [0.3, 0.4) is 0 Å². The molecule has 4 rings (SSSR count). The van der Waals surface area contributed by atoms with E-state index in [9.17, 15) is 13.2 Å². The highest BCUT2D eigenvalue weighted by atomic mass is 32.2. The molecule has 0 bridgehead atoms. The molecule has 1 N–H and O–H groups in total. The summed E-state index contributed by atoms with van der Waals surface area (Å²) in [6, 6.07) is 11.7. The lowest BCUT2D eigenvalue weighted by atomic mass is 10.0. The molecule has 0 radical (unpaired) electrons. The van der Waals surface area contributed by atoms with E-state index in [1.807, 2.05) is 11.0 Å². The molecule has 27 heavy (non-hydrogen) atoms. The van der Waals surface area contributed by atoms with Crippen molar-refractivity contribution >= 4 is 27.3 Å². The van der Waals surface area contributed by atoms with Gasteiger partial charge >= 0.3 is 0 Å². The van der Waals surface area contributed by atoms with Crippen LogP contribution in [0.2, 0.25) is 0 Å². The highest BCUT2D eigenvalue weighted by Gasteiger charge is 2.35. The number of methoxy groups -OCH3 is 1. The Bertz CT molecular complexity index is 966. The fourth-order valence-electron chi connectivity index (χ4n) is 3.39. The maximum absolute atomic E-state index is 12.7. The van der Waals surface area contributed by atoms with Crippen LogP contribution in [0.5, 0.6) is 5.75 Å². The Morgan fingerprint density at radius 3 is 2.56 bits per heavy atom. The number of rotatable bonds is 5. The number of amides is 1. The lowest BCUT2D eigenvalue weighted by Crippen LogP contribution is -2.36. The van der Waals surface area contributed by atoms with Gasteiger partial charge in [0.25, 0.3) is 10.0 Å². The van der Waals surface area contributed by atoms with E-state index in [0.717, 1.165) is 36.9 Å². The summed E-state index contributed by atoms with van der Waals surface area (Å²) in [5.74, 6) is 0.888. The minimum absolute atomic E-state index is 0.135. The van der Waals surface area contributed by atoms with Crippen molar-refractivity contribution < 1.29 is 17.9 Å².